The summed E-state index contributed by atoms with van der Waals surface area (Å²) in [6.07, 6.45) is 1.48. The Morgan fingerprint density at radius 2 is 1.82 bits per heavy atom. The number of ether oxygens (including phenoxy) is 1. The van der Waals surface area contributed by atoms with Gasteiger partial charge < -0.3 is 20.1 Å². The number of nitrogens with one attached hydrogen (secondary N) is 1. The molecule has 1 saturated carbocycles. The Hall–Kier alpha value is -1.50. The van der Waals surface area contributed by atoms with E-state index in [2.05, 4.69) is 5.32 Å². The third kappa shape index (κ3) is 5.10. The van der Waals surface area contributed by atoms with E-state index in [1.165, 1.54) is 0 Å². The van der Waals surface area contributed by atoms with E-state index in [0.29, 0.717) is 23.1 Å². The predicted octanol–water partition coefficient (Wildman–Crippen LogP) is 4.50. The van der Waals surface area contributed by atoms with Gasteiger partial charge in [0, 0.05) is 40.6 Å². The van der Waals surface area contributed by atoms with Crippen molar-refractivity contribution in [2.24, 2.45) is 5.41 Å². The number of carbonyl (C=O) groups excluding carboxylic acids is 1. The molecule has 2 fully saturated rings. The Kier molecular flexibility index (Phi) is 5.86. The van der Waals surface area contributed by atoms with Gasteiger partial charge in [0.15, 0.2) is 0 Å². The zero-order valence-electron chi connectivity index (χ0n) is 16.3. The number of nitrogens with zero attached hydrogens (tertiary/aromatic N) is 1. The van der Waals surface area contributed by atoms with Crippen LogP contribution >= 0.6 is 23.2 Å². The molecule has 154 valence electrons. The van der Waals surface area contributed by atoms with Crippen LogP contribution in [0.15, 0.2) is 18.2 Å². The van der Waals surface area contributed by atoms with E-state index in [0.717, 1.165) is 18.4 Å². The molecule has 6 nitrogen and oxygen atoms in total. The minimum Gasteiger partial charge on any atom is -0.481 e. The van der Waals surface area contributed by atoms with Gasteiger partial charge in [-0.05, 0) is 57.4 Å². The first kappa shape index (κ1) is 21.2. The molecule has 0 radical (unpaired) electrons. The smallest absolute Gasteiger partial charge is 0.410 e. The van der Waals surface area contributed by atoms with Gasteiger partial charge in [-0.3, -0.25) is 4.79 Å². The third-order valence-electron chi connectivity index (χ3n) is 5.17. The quantitative estimate of drug-likeness (QED) is 0.721. The Morgan fingerprint density at radius 3 is 2.32 bits per heavy atom. The second-order valence-corrected chi connectivity index (χ2v) is 9.83. The molecule has 2 N–H and O–H groups in total. The number of rotatable bonds is 5. The number of carboxylic acid groups (broad SMARTS) is 1. The predicted molar refractivity (Wildman–Crippen MR) is 108 cm³/mol. The molecule has 1 amide bonds. The fourth-order valence-electron chi connectivity index (χ4n) is 4.09. The zero-order chi connectivity index (χ0) is 20.7. The van der Waals surface area contributed by atoms with Crippen LogP contribution in [0, 0.1) is 5.41 Å². The van der Waals surface area contributed by atoms with Crippen LogP contribution in [0.2, 0.25) is 10.0 Å². The van der Waals surface area contributed by atoms with Crippen LogP contribution in [0.1, 0.15) is 51.6 Å². The van der Waals surface area contributed by atoms with Crippen molar-refractivity contribution in [1.29, 1.82) is 0 Å². The van der Waals surface area contributed by atoms with Gasteiger partial charge in [-0.1, -0.05) is 23.2 Å². The van der Waals surface area contributed by atoms with E-state index in [-0.39, 0.29) is 30.0 Å². The first-order chi connectivity index (χ1) is 12.9. The average molecular weight is 429 g/mol. The highest BCUT2D eigenvalue weighted by Crippen LogP contribution is 2.49. The van der Waals surface area contributed by atoms with Crippen LogP contribution in [0.25, 0.3) is 0 Å². The summed E-state index contributed by atoms with van der Waals surface area (Å²) in [6, 6.07) is 4.95. The fraction of sp³-hybridized carbons (Fsp3) is 0.600. The zero-order valence-corrected chi connectivity index (χ0v) is 17.8. The van der Waals surface area contributed by atoms with Crippen molar-refractivity contribution in [1.82, 2.24) is 10.2 Å². The summed E-state index contributed by atoms with van der Waals surface area (Å²) in [5.74, 6) is -0.887. The lowest BCUT2D eigenvalue weighted by Gasteiger charge is -2.59. The average Bonchev–Trinajstić information content (AvgIpc) is 2.43. The van der Waals surface area contributed by atoms with E-state index in [4.69, 9.17) is 27.9 Å². The molecular formula is C20H26Cl2N2O4. The van der Waals surface area contributed by atoms with E-state index in [1.807, 2.05) is 20.8 Å². The Morgan fingerprint density at radius 1 is 1.25 bits per heavy atom. The maximum absolute atomic E-state index is 12.1. The largest absolute Gasteiger partial charge is 0.481 e. The Labute approximate surface area is 175 Å². The van der Waals surface area contributed by atoms with Crippen molar-refractivity contribution in [3.05, 3.63) is 33.8 Å². The van der Waals surface area contributed by atoms with Gasteiger partial charge >= 0.3 is 12.1 Å². The minimum atomic E-state index is -0.887. The van der Waals surface area contributed by atoms with Crippen molar-refractivity contribution in [2.45, 2.75) is 57.7 Å². The van der Waals surface area contributed by atoms with Crippen LogP contribution in [0.5, 0.6) is 0 Å². The van der Waals surface area contributed by atoms with Gasteiger partial charge in [-0.2, -0.15) is 0 Å². The molecule has 1 aliphatic carbocycles. The summed E-state index contributed by atoms with van der Waals surface area (Å²) in [4.78, 5) is 25.1. The molecule has 1 atom stereocenters. The van der Waals surface area contributed by atoms with Crippen LogP contribution in [0.3, 0.4) is 0 Å². The molecule has 0 aromatic heterocycles. The van der Waals surface area contributed by atoms with E-state index < -0.39 is 11.6 Å². The number of halogens is 2. The standard InChI is InChI=1S/C20H26Cl2N2O4/c1-19(2,3)28-18(27)24-10-20(11-24)8-15(9-20)23-16(7-17(25)26)12-4-13(21)6-14(22)5-12/h4-6,15-16,23H,7-11H2,1-3H3,(H,25,26)/t16-/m0/s1. The number of benzene rings is 1. The first-order valence-electron chi connectivity index (χ1n) is 9.36. The molecule has 1 saturated heterocycles. The number of hydrogen-bond acceptors (Lipinski definition) is 4. The number of carboxylic acids is 1. The number of amides is 1. The lowest BCUT2D eigenvalue weighted by atomic mass is 9.60. The fourth-order valence-corrected chi connectivity index (χ4v) is 4.63. The van der Waals surface area contributed by atoms with Gasteiger partial charge in [-0.25, -0.2) is 4.79 Å². The maximum atomic E-state index is 12.1. The Balaban J connectivity index is 1.55. The van der Waals surface area contributed by atoms with E-state index in [9.17, 15) is 14.7 Å². The second-order valence-electron chi connectivity index (χ2n) is 8.96. The number of aliphatic carboxylic acids is 1. The molecule has 1 aromatic carbocycles. The van der Waals surface area contributed by atoms with Crippen molar-refractivity contribution < 1.29 is 19.4 Å². The van der Waals surface area contributed by atoms with Gasteiger partial charge in [0.1, 0.15) is 5.60 Å². The highest BCUT2D eigenvalue weighted by molar-refractivity contribution is 6.34. The number of likely N-dealkylation sites (tertiary alicyclic amines) is 1. The van der Waals surface area contributed by atoms with Crippen molar-refractivity contribution in [2.75, 3.05) is 13.1 Å². The van der Waals surface area contributed by atoms with Gasteiger partial charge in [0.2, 0.25) is 0 Å². The maximum Gasteiger partial charge on any atom is 0.410 e. The molecule has 3 rings (SSSR count). The molecule has 2 aliphatic rings. The molecule has 0 bridgehead atoms. The monoisotopic (exact) mass is 428 g/mol. The first-order valence-corrected chi connectivity index (χ1v) is 10.1. The van der Waals surface area contributed by atoms with Gasteiger partial charge in [-0.15, -0.1) is 0 Å². The summed E-state index contributed by atoms with van der Waals surface area (Å²) in [5.41, 5.74) is 0.394. The molecule has 1 aliphatic heterocycles. The van der Waals surface area contributed by atoms with Crippen LogP contribution in [-0.2, 0) is 9.53 Å². The van der Waals surface area contributed by atoms with Crippen molar-refractivity contribution in [3.63, 3.8) is 0 Å². The molecule has 0 unspecified atom stereocenters. The summed E-state index contributed by atoms with van der Waals surface area (Å²) in [6.45, 7) is 6.94. The third-order valence-corrected chi connectivity index (χ3v) is 5.60. The van der Waals surface area contributed by atoms with Crippen LogP contribution < -0.4 is 5.32 Å². The molecule has 1 heterocycles. The molecule has 8 heteroatoms. The SMILES string of the molecule is CC(C)(C)OC(=O)N1CC2(CC(N[C@@H](CC(=O)O)c3cc(Cl)cc(Cl)c3)C2)C1. The number of hydrogen-bond donors (Lipinski definition) is 2. The summed E-state index contributed by atoms with van der Waals surface area (Å²) >= 11 is 12.1. The van der Waals surface area contributed by atoms with Gasteiger partial charge in [0.25, 0.3) is 0 Å². The van der Waals surface area contributed by atoms with E-state index in [1.54, 1.807) is 23.1 Å². The molecule has 1 aromatic rings. The second kappa shape index (κ2) is 7.73. The highest BCUT2D eigenvalue weighted by Gasteiger charge is 2.54. The van der Waals surface area contributed by atoms with Crippen LogP contribution in [-0.4, -0.2) is 46.8 Å². The van der Waals surface area contributed by atoms with Gasteiger partial charge in [0.05, 0.1) is 6.42 Å². The topological polar surface area (TPSA) is 78.9 Å². The highest BCUT2D eigenvalue weighted by atomic mass is 35.5. The lowest BCUT2D eigenvalue weighted by Crippen LogP contribution is -2.67. The molecule has 28 heavy (non-hydrogen) atoms. The normalized spacial score (nSPS) is 19.7. The van der Waals surface area contributed by atoms with Crippen LogP contribution in [0.4, 0.5) is 4.79 Å². The van der Waals surface area contributed by atoms with Crippen molar-refractivity contribution >= 4 is 35.3 Å². The minimum absolute atomic E-state index is 0.0514. The summed E-state index contributed by atoms with van der Waals surface area (Å²) in [7, 11) is 0. The van der Waals surface area contributed by atoms with Crippen molar-refractivity contribution in [3.8, 4) is 0 Å². The summed E-state index contributed by atoms with van der Waals surface area (Å²) < 4.78 is 5.40. The lowest BCUT2D eigenvalue weighted by molar-refractivity contribution is -0.138. The summed E-state index contributed by atoms with van der Waals surface area (Å²) in [5, 5.41) is 13.7. The Bertz CT molecular complexity index is 744. The number of carbonyl (C=O) groups is 2. The molecular weight excluding hydrogens is 403 g/mol. The van der Waals surface area contributed by atoms with E-state index >= 15 is 0 Å². The molecule has 1 spiro atoms.